The molecule has 1 heterocycles. The van der Waals surface area contributed by atoms with Crippen LogP contribution in [0.1, 0.15) is 31.7 Å². The molecule has 5 nitrogen and oxygen atoms in total. The fourth-order valence-electron chi connectivity index (χ4n) is 3.75. The molecule has 0 saturated carbocycles. The smallest absolute Gasteiger partial charge is 0.258 e. The number of carbonyl (C=O) groups is 2. The molecule has 0 bridgehead atoms. The van der Waals surface area contributed by atoms with E-state index in [2.05, 4.69) is 0 Å². The van der Waals surface area contributed by atoms with Gasteiger partial charge >= 0.3 is 0 Å². The minimum Gasteiger partial charge on any atom is -0.489 e. The maximum Gasteiger partial charge on any atom is 0.258 e. The molecular weight excluding hydrogens is 424 g/mol. The molecule has 1 fully saturated rings. The van der Waals surface area contributed by atoms with Crippen LogP contribution in [0.4, 0.5) is 11.4 Å². The number of halogens is 1. The lowest BCUT2D eigenvalue weighted by molar-refractivity contribution is -0.127. The van der Waals surface area contributed by atoms with Crippen molar-refractivity contribution in [3.05, 3.63) is 89.4 Å². The maximum atomic E-state index is 13.3. The van der Waals surface area contributed by atoms with Crippen LogP contribution in [0.5, 0.6) is 5.75 Å². The molecule has 0 aliphatic carbocycles. The Morgan fingerprint density at radius 3 is 1.94 bits per heavy atom. The number of hydrogen-bond donors (Lipinski definition) is 0. The lowest BCUT2D eigenvalue weighted by Crippen LogP contribution is -2.41. The standard InChI is InChI=1S/C26H25ClN2O3/c1-2-3-9-24-25(30)28(21-12-10-20(27)11-13-21)29(26(24)31)22-14-16-23(17-15-22)32-18-19-7-5-4-6-8-19/h4-8,10-17,24H,2-3,9,18H2,1H3. The van der Waals surface area contributed by atoms with Gasteiger partial charge in [-0.1, -0.05) is 61.7 Å². The zero-order valence-corrected chi connectivity index (χ0v) is 18.7. The average Bonchev–Trinajstić information content (AvgIpc) is 3.07. The Bertz CT molecular complexity index is 1070. The third kappa shape index (κ3) is 4.63. The molecule has 2 amide bonds. The van der Waals surface area contributed by atoms with Crippen molar-refractivity contribution in [2.45, 2.75) is 32.8 Å². The van der Waals surface area contributed by atoms with Crippen LogP contribution >= 0.6 is 11.6 Å². The molecule has 6 heteroatoms. The summed E-state index contributed by atoms with van der Waals surface area (Å²) in [6, 6.07) is 24.1. The third-order valence-corrected chi connectivity index (χ3v) is 5.71. The minimum absolute atomic E-state index is 0.212. The molecule has 1 atom stereocenters. The lowest BCUT2D eigenvalue weighted by atomic mass is 10.0. The van der Waals surface area contributed by atoms with E-state index < -0.39 is 5.92 Å². The van der Waals surface area contributed by atoms with Gasteiger partial charge in [-0.05, 0) is 60.5 Å². The Labute approximate surface area is 193 Å². The van der Waals surface area contributed by atoms with Crippen LogP contribution in [-0.4, -0.2) is 11.8 Å². The van der Waals surface area contributed by atoms with Crippen molar-refractivity contribution in [1.82, 2.24) is 0 Å². The summed E-state index contributed by atoms with van der Waals surface area (Å²) in [5, 5.41) is 3.49. The first kappa shape index (κ1) is 21.9. The summed E-state index contributed by atoms with van der Waals surface area (Å²) < 4.78 is 5.86. The summed E-state index contributed by atoms with van der Waals surface area (Å²) >= 11 is 6.03. The van der Waals surface area contributed by atoms with E-state index in [0.717, 1.165) is 18.4 Å². The molecule has 3 aromatic carbocycles. The second-order valence-corrected chi connectivity index (χ2v) is 8.18. The molecule has 32 heavy (non-hydrogen) atoms. The number of hydrazine groups is 1. The SMILES string of the molecule is CCCCC1C(=O)N(c2ccc(Cl)cc2)N(c2ccc(OCc3ccccc3)cc2)C1=O. The quantitative estimate of drug-likeness (QED) is 0.396. The number of hydrogen-bond acceptors (Lipinski definition) is 3. The summed E-state index contributed by atoms with van der Waals surface area (Å²) in [5.41, 5.74) is 2.30. The van der Waals surface area contributed by atoms with Crippen LogP contribution in [-0.2, 0) is 16.2 Å². The summed E-state index contributed by atoms with van der Waals surface area (Å²) in [5.74, 6) is -0.415. The highest BCUT2D eigenvalue weighted by Gasteiger charge is 2.46. The van der Waals surface area contributed by atoms with Crippen LogP contribution in [0.15, 0.2) is 78.9 Å². The first-order valence-electron chi connectivity index (χ1n) is 10.8. The normalized spacial score (nSPS) is 16.0. The van der Waals surface area contributed by atoms with Crippen molar-refractivity contribution in [2.24, 2.45) is 5.92 Å². The van der Waals surface area contributed by atoms with E-state index in [1.807, 2.05) is 49.4 Å². The van der Waals surface area contributed by atoms with Crippen LogP contribution in [0.25, 0.3) is 0 Å². The summed E-state index contributed by atoms with van der Waals surface area (Å²) in [7, 11) is 0. The molecule has 164 valence electrons. The number of unbranched alkanes of at least 4 members (excludes halogenated alkanes) is 1. The van der Waals surface area contributed by atoms with Crippen molar-refractivity contribution in [3.63, 3.8) is 0 Å². The predicted octanol–water partition coefficient (Wildman–Crippen LogP) is 6.02. The number of rotatable bonds is 8. The van der Waals surface area contributed by atoms with Gasteiger partial charge in [0, 0.05) is 5.02 Å². The second kappa shape index (κ2) is 9.88. The fraction of sp³-hybridized carbons (Fsp3) is 0.231. The van der Waals surface area contributed by atoms with Crippen molar-refractivity contribution in [1.29, 1.82) is 0 Å². The topological polar surface area (TPSA) is 49.9 Å². The zero-order valence-electron chi connectivity index (χ0n) is 17.9. The molecule has 3 aromatic rings. The molecule has 1 saturated heterocycles. The van der Waals surface area contributed by atoms with Crippen LogP contribution in [0, 0.1) is 5.92 Å². The Balaban J connectivity index is 1.58. The minimum atomic E-state index is -0.681. The molecule has 1 aliphatic rings. The Kier molecular flexibility index (Phi) is 6.76. The largest absolute Gasteiger partial charge is 0.489 e. The molecule has 4 rings (SSSR count). The van der Waals surface area contributed by atoms with Crippen LogP contribution < -0.4 is 14.8 Å². The van der Waals surface area contributed by atoms with Gasteiger partial charge in [-0.3, -0.25) is 9.59 Å². The van der Waals surface area contributed by atoms with E-state index in [0.29, 0.717) is 35.2 Å². The Morgan fingerprint density at radius 2 is 1.38 bits per heavy atom. The van der Waals surface area contributed by atoms with E-state index in [1.54, 1.807) is 36.4 Å². The monoisotopic (exact) mass is 448 g/mol. The molecule has 0 aromatic heterocycles. The van der Waals surface area contributed by atoms with Crippen molar-refractivity contribution < 1.29 is 14.3 Å². The summed E-state index contributed by atoms with van der Waals surface area (Å²) in [6.45, 7) is 2.50. The van der Waals surface area contributed by atoms with E-state index in [-0.39, 0.29) is 11.8 Å². The van der Waals surface area contributed by atoms with E-state index in [1.165, 1.54) is 10.0 Å². The van der Waals surface area contributed by atoms with Gasteiger partial charge in [0.2, 0.25) is 0 Å². The number of amides is 2. The van der Waals surface area contributed by atoms with E-state index in [4.69, 9.17) is 16.3 Å². The van der Waals surface area contributed by atoms with Gasteiger partial charge in [-0.2, -0.15) is 0 Å². The number of carbonyl (C=O) groups excluding carboxylic acids is 2. The van der Waals surface area contributed by atoms with Gasteiger partial charge in [0.25, 0.3) is 11.8 Å². The van der Waals surface area contributed by atoms with Gasteiger partial charge in [-0.25, -0.2) is 10.0 Å². The predicted molar refractivity (Wildman–Crippen MR) is 127 cm³/mol. The molecular formula is C26H25ClN2O3. The first-order valence-corrected chi connectivity index (χ1v) is 11.2. The van der Waals surface area contributed by atoms with Gasteiger partial charge < -0.3 is 4.74 Å². The van der Waals surface area contributed by atoms with Crippen LogP contribution in [0.3, 0.4) is 0 Å². The summed E-state index contributed by atoms with van der Waals surface area (Å²) in [6.07, 6.45) is 2.27. The number of anilines is 2. The second-order valence-electron chi connectivity index (χ2n) is 7.74. The number of benzene rings is 3. The zero-order chi connectivity index (χ0) is 22.5. The van der Waals surface area contributed by atoms with E-state index in [9.17, 15) is 9.59 Å². The Morgan fingerprint density at radius 1 is 0.812 bits per heavy atom. The van der Waals surface area contributed by atoms with E-state index >= 15 is 0 Å². The molecule has 0 spiro atoms. The van der Waals surface area contributed by atoms with Gasteiger partial charge in [-0.15, -0.1) is 0 Å². The van der Waals surface area contributed by atoms with Crippen molar-refractivity contribution in [2.75, 3.05) is 10.0 Å². The van der Waals surface area contributed by atoms with Gasteiger partial charge in [0.05, 0.1) is 11.4 Å². The van der Waals surface area contributed by atoms with Gasteiger partial charge in [0.1, 0.15) is 18.3 Å². The number of nitrogens with zero attached hydrogens (tertiary/aromatic N) is 2. The van der Waals surface area contributed by atoms with Gasteiger partial charge in [0.15, 0.2) is 0 Å². The van der Waals surface area contributed by atoms with Crippen molar-refractivity contribution in [3.8, 4) is 5.75 Å². The maximum absolute atomic E-state index is 13.3. The molecule has 0 N–H and O–H groups in total. The highest BCUT2D eigenvalue weighted by Crippen LogP contribution is 2.35. The average molecular weight is 449 g/mol. The molecule has 1 unspecified atom stereocenters. The highest BCUT2D eigenvalue weighted by atomic mass is 35.5. The highest BCUT2D eigenvalue weighted by molar-refractivity contribution is 6.30. The molecule has 1 aliphatic heterocycles. The third-order valence-electron chi connectivity index (χ3n) is 5.46. The Hall–Kier alpha value is -3.31. The molecule has 0 radical (unpaired) electrons. The van der Waals surface area contributed by atoms with Crippen molar-refractivity contribution >= 4 is 34.8 Å². The lowest BCUT2D eigenvalue weighted by Gasteiger charge is -2.28. The van der Waals surface area contributed by atoms with Crippen LogP contribution in [0.2, 0.25) is 5.02 Å². The fourth-order valence-corrected chi connectivity index (χ4v) is 3.87. The number of ether oxygens (including phenoxy) is 1. The summed E-state index contributed by atoms with van der Waals surface area (Å²) in [4.78, 5) is 26.5. The first-order chi connectivity index (χ1) is 15.6.